The van der Waals surface area contributed by atoms with Gasteiger partial charge in [-0.25, -0.2) is 9.78 Å². The highest BCUT2D eigenvalue weighted by atomic mass is 16.6. The average molecular weight is 292 g/mol. The Labute approximate surface area is 129 Å². The summed E-state index contributed by atoms with van der Waals surface area (Å²) in [5.41, 5.74) is 0.917. The molecule has 3 aromatic rings. The summed E-state index contributed by atoms with van der Waals surface area (Å²) in [6.45, 7) is 1.90. The predicted molar refractivity (Wildman–Crippen MR) is 87.3 cm³/mol. The van der Waals surface area contributed by atoms with Crippen molar-refractivity contribution < 1.29 is 9.53 Å². The molecule has 3 rings (SSSR count). The van der Waals surface area contributed by atoms with Crippen molar-refractivity contribution in [3.8, 4) is 5.75 Å². The Kier molecular flexibility index (Phi) is 3.74. The number of aromatic nitrogens is 1. The fourth-order valence-corrected chi connectivity index (χ4v) is 2.32. The van der Waals surface area contributed by atoms with E-state index >= 15 is 0 Å². The second-order valence-electron chi connectivity index (χ2n) is 5.08. The first kappa shape index (κ1) is 14.1. The molecule has 0 N–H and O–H groups in total. The minimum atomic E-state index is -0.461. The molecule has 0 spiro atoms. The Morgan fingerprint density at radius 2 is 1.82 bits per heavy atom. The van der Waals surface area contributed by atoms with Crippen LogP contribution in [0.15, 0.2) is 60.8 Å². The molecule has 0 aliphatic carbocycles. The topological polar surface area (TPSA) is 42.4 Å². The van der Waals surface area contributed by atoms with Crippen molar-refractivity contribution in [1.82, 2.24) is 4.98 Å². The monoisotopic (exact) mass is 292 g/mol. The molecule has 0 unspecified atom stereocenters. The number of ether oxygens (including phenoxy) is 1. The van der Waals surface area contributed by atoms with Crippen LogP contribution in [0, 0.1) is 6.92 Å². The number of anilines is 1. The molecule has 0 saturated carbocycles. The number of rotatable bonds is 2. The van der Waals surface area contributed by atoms with Gasteiger partial charge in [-0.15, -0.1) is 0 Å². The van der Waals surface area contributed by atoms with E-state index in [1.807, 2.05) is 55.5 Å². The Bertz CT molecular complexity index is 830. The summed E-state index contributed by atoms with van der Waals surface area (Å²) >= 11 is 0. The summed E-state index contributed by atoms with van der Waals surface area (Å²) in [4.78, 5) is 17.9. The largest absolute Gasteiger partial charge is 0.420 e. The van der Waals surface area contributed by atoms with E-state index < -0.39 is 6.09 Å². The maximum Gasteiger partial charge on any atom is 0.420 e. The first-order valence-electron chi connectivity index (χ1n) is 7.01. The molecule has 0 saturated heterocycles. The number of amides is 1. The number of aryl methyl sites for hydroxylation is 1. The van der Waals surface area contributed by atoms with E-state index in [0.717, 1.165) is 16.3 Å². The molecule has 1 heterocycles. The van der Waals surface area contributed by atoms with Gasteiger partial charge in [-0.05, 0) is 41.5 Å². The van der Waals surface area contributed by atoms with Gasteiger partial charge in [0.25, 0.3) is 0 Å². The van der Waals surface area contributed by atoms with Gasteiger partial charge in [0.1, 0.15) is 11.6 Å². The third kappa shape index (κ3) is 2.76. The molecule has 1 aromatic heterocycles. The molecule has 22 heavy (non-hydrogen) atoms. The van der Waals surface area contributed by atoms with Crippen LogP contribution in [0.1, 0.15) is 5.56 Å². The summed E-state index contributed by atoms with van der Waals surface area (Å²) in [5.74, 6) is 1.11. The molecule has 0 fully saturated rings. The lowest BCUT2D eigenvalue weighted by Gasteiger charge is -2.17. The van der Waals surface area contributed by atoms with Gasteiger partial charge in [0.2, 0.25) is 0 Å². The van der Waals surface area contributed by atoms with Gasteiger partial charge in [0.05, 0.1) is 0 Å². The lowest BCUT2D eigenvalue weighted by Crippen LogP contribution is -2.30. The molecular weight excluding hydrogens is 276 g/mol. The number of hydrogen-bond donors (Lipinski definition) is 0. The van der Waals surface area contributed by atoms with E-state index in [0.29, 0.717) is 11.6 Å². The van der Waals surface area contributed by atoms with E-state index in [1.54, 1.807) is 19.3 Å². The number of benzene rings is 2. The fraction of sp³-hybridized carbons (Fsp3) is 0.111. The normalized spacial score (nSPS) is 10.5. The van der Waals surface area contributed by atoms with Crippen molar-refractivity contribution in [3.63, 3.8) is 0 Å². The highest BCUT2D eigenvalue weighted by Crippen LogP contribution is 2.22. The Hall–Kier alpha value is -2.88. The number of carbonyl (C=O) groups excluding carboxylic acids is 1. The lowest BCUT2D eigenvalue weighted by molar-refractivity contribution is 0.209. The van der Waals surface area contributed by atoms with Crippen molar-refractivity contribution >= 4 is 22.7 Å². The summed E-state index contributed by atoms with van der Waals surface area (Å²) in [7, 11) is 1.65. The molecule has 0 aliphatic rings. The summed E-state index contributed by atoms with van der Waals surface area (Å²) < 4.78 is 5.44. The van der Waals surface area contributed by atoms with Crippen LogP contribution in [-0.4, -0.2) is 18.1 Å². The zero-order valence-electron chi connectivity index (χ0n) is 12.5. The number of hydrogen-bond acceptors (Lipinski definition) is 3. The zero-order chi connectivity index (χ0) is 15.5. The molecular formula is C18H16N2O2. The second-order valence-corrected chi connectivity index (χ2v) is 5.08. The second kappa shape index (κ2) is 5.85. The quantitative estimate of drug-likeness (QED) is 0.711. The molecule has 0 aliphatic heterocycles. The van der Waals surface area contributed by atoms with Gasteiger partial charge >= 0.3 is 6.09 Å². The van der Waals surface area contributed by atoms with Gasteiger partial charge in [0, 0.05) is 13.2 Å². The van der Waals surface area contributed by atoms with Crippen LogP contribution < -0.4 is 9.64 Å². The number of nitrogens with zero attached hydrogens (tertiary/aromatic N) is 2. The van der Waals surface area contributed by atoms with Crippen LogP contribution >= 0.6 is 0 Å². The van der Waals surface area contributed by atoms with Crippen molar-refractivity contribution in [1.29, 1.82) is 0 Å². The molecule has 4 heteroatoms. The first-order chi connectivity index (χ1) is 10.6. The number of carbonyl (C=O) groups is 1. The summed E-state index contributed by atoms with van der Waals surface area (Å²) in [5, 5.41) is 2.14. The maximum atomic E-state index is 12.3. The van der Waals surface area contributed by atoms with Crippen molar-refractivity contribution in [2.45, 2.75) is 6.92 Å². The van der Waals surface area contributed by atoms with E-state index in [-0.39, 0.29) is 0 Å². The van der Waals surface area contributed by atoms with E-state index in [9.17, 15) is 4.79 Å². The van der Waals surface area contributed by atoms with Crippen molar-refractivity contribution in [3.05, 3.63) is 66.4 Å². The minimum absolute atomic E-state index is 0.461. The van der Waals surface area contributed by atoms with Gasteiger partial charge < -0.3 is 4.74 Å². The zero-order valence-corrected chi connectivity index (χ0v) is 12.5. The molecule has 0 radical (unpaired) electrons. The number of pyridine rings is 1. The highest BCUT2D eigenvalue weighted by Gasteiger charge is 2.16. The standard InChI is InChI=1S/C18H16N2O2/c1-13-6-5-11-19-17(13)20(2)18(21)22-16-10-9-14-7-3-4-8-15(14)12-16/h3-12H,1-2H3. The third-order valence-corrected chi connectivity index (χ3v) is 3.50. The Morgan fingerprint density at radius 1 is 1.05 bits per heavy atom. The fourth-order valence-electron chi connectivity index (χ4n) is 2.32. The van der Waals surface area contributed by atoms with Crippen LogP contribution in [0.2, 0.25) is 0 Å². The number of fused-ring (bicyclic) bond motifs is 1. The van der Waals surface area contributed by atoms with Crippen LogP contribution in [-0.2, 0) is 0 Å². The Balaban J connectivity index is 1.82. The van der Waals surface area contributed by atoms with E-state index in [4.69, 9.17) is 4.74 Å². The van der Waals surface area contributed by atoms with Crippen LogP contribution in [0.4, 0.5) is 10.6 Å². The van der Waals surface area contributed by atoms with Crippen molar-refractivity contribution in [2.24, 2.45) is 0 Å². The SMILES string of the molecule is Cc1cccnc1N(C)C(=O)Oc1ccc2ccccc2c1. The Morgan fingerprint density at radius 3 is 2.59 bits per heavy atom. The third-order valence-electron chi connectivity index (χ3n) is 3.50. The molecule has 110 valence electrons. The van der Waals surface area contributed by atoms with Gasteiger partial charge in [-0.3, -0.25) is 4.90 Å². The van der Waals surface area contributed by atoms with Crippen molar-refractivity contribution in [2.75, 3.05) is 11.9 Å². The molecule has 0 bridgehead atoms. The van der Waals surface area contributed by atoms with Crippen LogP contribution in [0.25, 0.3) is 10.8 Å². The average Bonchev–Trinajstić information content (AvgIpc) is 2.54. The van der Waals surface area contributed by atoms with Gasteiger partial charge in [-0.1, -0.05) is 36.4 Å². The highest BCUT2D eigenvalue weighted by molar-refractivity contribution is 5.89. The van der Waals surface area contributed by atoms with Gasteiger partial charge in [0.15, 0.2) is 0 Å². The predicted octanol–water partition coefficient (Wildman–Crippen LogP) is 4.18. The minimum Gasteiger partial charge on any atom is -0.410 e. The molecule has 2 aromatic carbocycles. The lowest BCUT2D eigenvalue weighted by atomic mass is 10.1. The van der Waals surface area contributed by atoms with E-state index in [1.165, 1.54) is 4.90 Å². The van der Waals surface area contributed by atoms with E-state index in [2.05, 4.69) is 4.98 Å². The molecule has 0 atom stereocenters. The molecule has 4 nitrogen and oxygen atoms in total. The maximum absolute atomic E-state index is 12.3. The van der Waals surface area contributed by atoms with Crippen LogP contribution in [0.3, 0.4) is 0 Å². The summed E-state index contributed by atoms with van der Waals surface area (Å²) in [6, 6.07) is 17.3. The first-order valence-corrected chi connectivity index (χ1v) is 7.01. The van der Waals surface area contributed by atoms with Gasteiger partial charge in [-0.2, -0.15) is 0 Å². The summed E-state index contributed by atoms with van der Waals surface area (Å²) in [6.07, 6.45) is 1.19. The molecule has 1 amide bonds. The van der Waals surface area contributed by atoms with Crippen LogP contribution in [0.5, 0.6) is 5.75 Å². The smallest absolute Gasteiger partial charge is 0.410 e.